The van der Waals surface area contributed by atoms with Crippen molar-refractivity contribution < 1.29 is 9.29 Å². The van der Waals surface area contributed by atoms with Crippen LogP contribution in [-0.4, -0.2) is 33.5 Å². The second-order valence-corrected chi connectivity index (χ2v) is 18.1. The zero-order valence-corrected chi connectivity index (χ0v) is 20.8. The summed E-state index contributed by atoms with van der Waals surface area (Å²) in [4.78, 5) is 4.49. The van der Waals surface area contributed by atoms with Gasteiger partial charge in [0, 0.05) is 26.0 Å². The molecule has 1 N–H and O–H groups in total. The molecule has 0 amide bonds. The average Bonchev–Trinajstić information content (AvgIpc) is 3.35. The molecule has 1 aliphatic carbocycles. The number of fused-ring (bicyclic) bond motifs is 1. The van der Waals surface area contributed by atoms with Crippen molar-refractivity contribution in [3.8, 4) is 6.07 Å². The first-order valence-electron chi connectivity index (χ1n) is 10.6. The summed E-state index contributed by atoms with van der Waals surface area (Å²) in [5.41, 5.74) is 2.35. The number of nitrogens with one attached hydrogen (secondary N) is 1. The fraction of sp³-hybridized carbons (Fsp3) is 0.636. The lowest BCUT2D eigenvalue weighted by atomic mass is 9.92. The van der Waals surface area contributed by atoms with Crippen LogP contribution in [0.5, 0.6) is 0 Å². The van der Waals surface area contributed by atoms with E-state index in [0.717, 1.165) is 42.1 Å². The van der Waals surface area contributed by atoms with E-state index >= 15 is 0 Å². The lowest BCUT2D eigenvalue weighted by Gasteiger charge is -2.30. The Bertz CT molecular complexity index is 922. The van der Waals surface area contributed by atoms with E-state index < -0.39 is 29.6 Å². The summed E-state index contributed by atoms with van der Waals surface area (Å²) < 4.78 is 23.6. The van der Waals surface area contributed by atoms with Gasteiger partial charge in [-0.25, -0.2) is 4.98 Å². The van der Waals surface area contributed by atoms with Crippen molar-refractivity contribution in [2.24, 2.45) is 5.41 Å². The number of aromatic nitrogens is 2. The predicted molar refractivity (Wildman–Crippen MR) is 125 cm³/mol. The Morgan fingerprint density at radius 3 is 2.63 bits per heavy atom. The van der Waals surface area contributed by atoms with E-state index in [1.165, 1.54) is 0 Å². The number of benzene rings is 1. The van der Waals surface area contributed by atoms with Gasteiger partial charge < -0.3 is 13.9 Å². The van der Waals surface area contributed by atoms with Crippen LogP contribution in [0, 0.1) is 16.7 Å². The van der Waals surface area contributed by atoms with Gasteiger partial charge in [0.15, 0.2) is 0 Å². The molecule has 1 unspecified atom stereocenters. The molecule has 0 spiro atoms. The molecule has 1 aliphatic rings. The van der Waals surface area contributed by atoms with Crippen molar-refractivity contribution in [3.05, 3.63) is 30.1 Å². The molecule has 0 saturated heterocycles. The zero-order valence-electron chi connectivity index (χ0n) is 19.0. The van der Waals surface area contributed by atoms with E-state index in [1.807, 2.05) is 37.5 Å². The molecule has 30 heavy (non-hydrogen) atoms. The Kier molecular flexibility index (Phi) is 6.70. The summed E-state index contributed by atoms with van der Waals surface area (Å²) in [6, 6.07) is 9.38. The number of ether oxygens (including phenoxy) is 1. The van der Waals surface area contributed by atoms with Crippen LogP contribution < -0.4 is 4.72 Å². The van der Waals surface area contributed by atoms with Crippen molar-refractivity contribution in [2.75, 3.05) is 6.61 Å². The quantitative estimate of drug-likeness (QED) is 0.341. The standard InChI is InChI=1S/C22H34N4O2SSi/c1-21(2,3)29(27)25-20(22(14-23)9-10-22)17-7-8-18-19(13-17)26(15-24-18)16-28-11-12-30(4,5)6/h7-8,13,15,20,25H,9-12,16H2,1-6H3/t20?,29-/m1/s1. The molecule has 8 heteroatoms. The third-order valence-corrected chi connectivity index (χ3v) is 8.82. The number of nitrogens with zero attached hydrogens (tertiary/aromatic N) is 3. The monoisotopic (exact) mass is 446 g/mol. The highest BCUT2D eigenvalue weighted by Gasteiger charge is 2.53. The van der Waals surface area contributed by atoms with E-state index in [1.54, 1.807) is 6.33 Å². The number of nitriles is 1. The molecule has 3 rings (SSSR count). The molecule has 2 atom stereocenters. The highest BCUT2D eigenvalue weighted by Crippen LogP contribution is 2.55. The van der Waals surface area contributed by atoms with Crippen molar-refractivity contribution >= 4 is 30.5 Å². The SMILES string of the molecule is CC(C)(C)[S@@+]([O-])NC(c1ccc2ncn(COCC[Si](C)(C)C)c2c1)C1(C#N)CC1. The first kappa shape index (κ1) is 23.3. The number of hydrogen-bond acceptors (Lipinski definition) is 5. The van der Waals surface area contributed by atoms with Gasteiger partial charge in [-0.05, 0) is 57.4 Å². The lowest BCUT2D eigenvalue weighted by molar-refractivity contribution is 0.0898. The van der Waals surface area contributed by atoms with Gasteiger partial charge in [-0.1, -0.05) is 25.7 Å². The Hall–Kier alpha value is -1.37. The van der Waals surface area contributed by atoms with E-state index in [9.17, 15) is 9.81 Å². The molecule has 1 aromatic heterocycles. The lowest BCUT2D eigenvalue weighted by Crippen LogP contribution is -2.43. The molecule has 2 aromatic rings. The molecular weight excluding hydrogens is 412 g/mol. The van der Waals surface area contributed by atoms with E-state index in [2.05, 4.69) is 41.5 Å². The molecule has 0 aliphatic heterocycles. The summed E-state index contributed by atoms with van der Waals surface area (Å²) in [7, 11) is -1.12. The van der Waals surface area contributed by atoms with Gasteiger partial charge in [0.1, 0.15) is 11.5 Å². The van der Waals surface area contributed by atoms with Gasteiger partial charge in [-0.2, -0.15) is 5.26 Å². The number of hydrogen-bond donors (Lipinski definition) is 1. The van der Waals surface area contributed by atoms with Gasteiger partial charge in [-0.3, -0.25) is 0 Å². The fourth-order valence-electron chi connectivity index (χ4n) is 3.28. The Morgan fingerprint density at radius 1 is 1.37 bits per heavy atom. The van der Waals surface area contributed by atoms with Crippen molar-refractivity contribution in [3.63, 3.8) is 0 Å². The molecule has 1 saturated carbocycles. The van der Waals surface area contributed by atoms with Gasteiger partial charge in [-0.15, -0.1) is 4.72 Å². The smallest absolute Gasteiger partial charge is 0.136 e. The first-order chi connectivity index (χ1) is 14.0. The van der Waals surface area contributed by atoms with Gasteiger partial charge in [0.25, 0.3) is 0 Å². The molecule has 1 fully saturated rings. The Labute approximate surface area is 184 Å². The average molecular weight is 447 g/mol. The fourth-order valence-corrected chi connectivity index (χ4v) is 4.97. The van der Waals surface area contributed by atoms with Crippen LogP contribution in [0.15, 0.2) is 24.5 Å². The van der Waals surface area contributed by atoms with E-state index in [4.69, 9.17) is 4.74 Å². The molecule has 164 valence electrons. The van der Waals surface area contributed by atoms with Crippen LogP contribution in [0.4, 0.5) is 0 Å². The highest BCUT2D eigenvalue weighted by molar-refractivity contribution is 7.90. The predicted octanol–water partition coefficient (Wildman–Crippen LogP) is 4.75. The van der Waals surface area contributed by atoms with Crippen LogP contribution in [0.1, 0.15) is 45.2 Å². The minimum Gasteiger partial charge on any atom is -0.598 e. The second-order valence-electron chi connectivity index (χ2n) is 10.5. The van der Waals surface area contributed by atoms with Gasteiger partial charge in [0.05, 0.1) is 34.9 Å². The molecular formula is C22H34N4O2SSi. The molecule has 6 nitrogen and oxygen atoms in total. The summed E-state index contributed by atoms with van der Waals surface area (Å²) in [5, 5.41) is 9.82. The van der Waals surface area contributed by atoms with Crippen molar-refractivity contribution in [1.29, 1.82) is 5.26 Å². The highest BCUT2D eigenvalue weighted by atomic mass is 32.2. The third-order valence-electron chi connectivity index (χ3n) is 5.55. The minimum absolute atomic E-state index is 0.275. The third kappa shape index (κ3) is 5.45. The zero-order chi connectivity index (χ0) is 22.2. The first-order valence-corrected chi connectivity index (χ1v) is 15.4. The van der Waals surface area contributed by atoms with E-state index in [0.29, 0.717) is 6.73 Å². The molecule has 0 bridgehead atoms. The molecule has 1 aromatic carbocycles. The second kappa shape index (κ2) is 8.64. The number of imidazole rings is 1. The largest absolute Gasteiger partial charge is 0.598 e. The van der Waals surface area contributed by atoms with Crippen LogP contribution in [0.25, 0.3) is 11.0 Å². The van der Waals surface area contributed by atoms with E-state index in [-0.39, 0.29) is 6.04 Å². The Morgan fingerprint density at radius 2 is 2.07 bits per heavy atom. The molecule has 1 heterocycles. The van der Waals surface area contributed by atoms with Crippen LogP contribution in [0.3, 0.4) is 0 Å². The topological polar surface area (TPSA) is 85.9 Å². The summed E-state index contributed by atoms with van der Waals surface area (Å²) in [5.74, 6) is 0. The minimum atomic E-state index is -1.26. The summed E-state index contributed by atoms with van der Waals surface area (Å²) in [6.45, 7) is 14.0. The van der Waals surface area contributed by atoms with Crippen LogP contribution in [-0.2, 0) is 22.8 Å². The maximum atomic E-state index is 12.8. The van der Waals surface area contributed by atoms with Gasteiger partial charge in [0.2, 0.25) is 0 Å². The maximum absolute atomic E-state index is 12.8. The molecule has 0 radical (unpaired) electrons. The normalized spacial score (nSPS) is 18.2. The van der Waals surface area contributed by atoms with Gasteiger partial charge >= 0.3 is 0 Å². The summed E-state index contributed by atoms with van der Waals surface area (Å²) >= 11 is -1.26. The summed E-state index contributed by atoms with van der Waals surface area (Å²) in [6.07, 6.45) is 3.44. The maximum Gasteiger partial charge on any atom is 0.136 e. The van der Waals surface area contributed by atoms with Crippen molar-refractivity contribution in [1.82, 2.24) is 14.3 Å². The Balaban J connectivity index is 1.83. The van der Waals surface area contributed by atoms with Crippen molar-refractivity contribution in [2.45, 2.75) is 76.8 Å². The number of rotatable bonds is 9. The van der Waals surface area contributed by atoms with Crippen LogP contribution in [0.2, 0.25) is 25.7 Å². The van der Waals surface area contributed by atoms with Crippen LogP contribution >= 0.6 is 0 Å².